The van der Waals surface area contributed by atoms with Crippen molar-refractivity contribution < 1.29 is 13.2 Å². The maximum Gasteiger partial charge on any atom is 0.269 e. The van der Waals surface area contributed by atoms with Crippen molar-refractivity contribution in [2.75, 3.05) is 11.9 Å². The zero-order valence-electron chi connectivity index (χ0n) is 10.3. The SMILES string of the molecule is C#CCCCCNS(=O)(=O)c1nnc(NC(C)=O)s1. The minimum absolute atomic E-state index is 0.153. The summed E-state index contributed by atoms with van der Waals surface area (Å²) in [4.78, 5) is 10.8. The van der Waals surface area contributed by atoms with E-state index in [-0.39, 0.29) is 15.4 Å². The molecule has 9 heteroatoms. The first kappa shape index (κ1) is 15.6. The van der Waals surface area contributed by atoms with Gasteiger partial charge in [-0.3, -0.25) is 4.79 Å². The highest BCUT2D eigenvalue weighted by atomic mass is 32.2. The minimum Gasteiger partial charge on any atom is -0.301 e. The normalized spacial score (nSPS) is 10.9. The molecule has 7 nitrogen and oxygen atoms in total. The molecule has 0 aromatic carbocycles. The molecule has 0 aliphatic rings. The predicted molar refractivity (Wildman–Crippen MR) is 72.1 cm³/mol. The second kappa shape index (κ2) is 7.18. The van der Waals surface area contributed by atoms with Gasteiger partial charge < -0.3 is 5.32 Å². The van der Waals surface area contributed by atoms with Crippen molar-refractivity contribution >= 4 is 32.4 Å². The number of rotatable bonds is 7. The number of terminal acetylenes is 1. The molecule has 1 aromatic rings. The lowest BCUT2D eigenvalue weighted by Gasteiger charge is -2.01. The second-order valence-electron chi connectivity index (χ2n) is 3.61. The Kier molecular flexibility index (Phi) is 5.88. The zero-order chi connectivity index (χ0) is 14.3. The lowest BCUT2D eigenvalue weighted by atomic mass is 10.2. The Hall–Kier alpha value is -1.50. The molecule has 2 N–H and O–H groups in total. The third-order valence-electron chi connectivity index (χ3n) is 1.96. The summed E-state index contributed by atoms with van der Waals surface area (Å²) >= 11 is 0.799. The summed E-state index contributed by atoms with van der Waals surface area (Å²) in [6.07, 6.45) is 7.12. The monoisotopic (exact) mass is 302 g/mol. The first-order chi connectivity index (χ1) is 8.95. The Morgan fingerprint density at radius 2 is 2.16 bits per heavy atom. The van der Waals surface area contributed by atoms with Gasteiger partial charge >= 0.3 is 0 Å². The second-order valence-corrected chi connectivity index (χ2v) is 6.53. The Morgan fingerprint density at radius 1 is 1.42 bits per heavy atom. The molecule has 19 heavy (non-hydrogen) atoms. The number of anilines is 1. The van der Waals surface area contributed by atoms with Gasteiger partial charge in [-0.05, 0) is 12.8 Å². The van der Waals surface area contributed by atoms with Crippen LogP contribution < -0.4 is 10.0 Å². The van der Waals surface area contributed by atoms with Crippen LogP contribution in [0.5, 0.6) is 0 Å². The fraction of sp³-hybridized carbons (Fsp3) is 0.500. The van der Waals surface area contributed by atoms with E-state index in [0.29, 0.717) is 19.4 Å². The topological polar surface area (TPSA) is 101 Å². The van der Waals surface area contributed by atoms with Crippen LogP contribution in [0.1, 0.15) is 26.2 Å². The maximum absolute atomic E-state index is 11.8. The number of aromatic nitrogens is 2. The van der Waals surface area contributed by atoms with Crippen LogP contribution in [-0.2, 0) is 14.8 Å². The third kappa shape index (κ3) is 5.34. The van der Waals surface area contributed by atoms with Gasteiger partial charge in [-0.2, -0.15) is 0 Å². The van der Waals surface area contributed by atoms with Crippen molar-refractivity contribution in [2.24, 2.45) is 0 Å². The minimum atomic E-state index is -3.67. The number of unbranched alkanes of at least 4 members (excludes halogenated alkanes) is 2. The van der Waals surface area contributed by atoms with E-state index in [2.05, 4.69) is 26.2 Å². The van der Waals surface area contributed by atoms with E-state index < -0.39 is 10.0 Å². The van der Waals surface area contributed by atoms with E-state index in [4.69, 9.17) is 6.42 Å². The van der Waals surface area contributed by atoms with E-state index >= 15 is 0 Å². The van der Waals surface area contributed by atoms with Gasteiger partial charge in [-0.15, -0.1) is 22.5 Å². The summed E-state index contributed by atoms with van der Waals surface area (Å²) < 4.78 is 25.8. The lowest BCUT2D eigenvalue weighted by molar-refractivity contribution is -0.114. The molecular formula is C10H14N4O3S2. The van der Waals surface area contributed by atoms with Crippen LogP contribution in [0.25, 0.3) is 0 Å². The first-order valence-electron chi connectivity index (χ1n) is 5.50. The fourth-order valence-corrected chi connectivity index (χ4v) is 3.20. The van der Waals surface area contributed by atoms with Crippen molar-refractivity contribution in [3.63, 3.8) is 0 Å². The molecule has 0 radical (unpaired) electrons. The molecule has 0 saturated carbocycles. The zero-order valence-corrected chi connectivity index (χ0v) is 12.0. The summed E-state index contributed by atoms with van der Waals surface area (Å²) in [5, 5.41) is 9.62. The van der Waals surface area contributed by atoms with Gasteiger partial charge in [0.2, 0.25) is 15.4 Å². The number of carbonyl (C=O) groups is 1. The fourth-order valence-electron chi connectivity index (χ4n) is 1.14. The highest BCUT2D eigenvalue weighted by Gasteiger charge is 2.19. The van der Waals surface area contributed by atoms with E-state index in [0.717, 1.165) is 17.8 Å². The van der Waals surface area contributed by atoms with Gasteiger partial charge in [0.25, 0.3) is 10.0 Å². The van der Waals surface area contributed by atoms with Crippen molar-refractivity contribution in [2.45, 2.75) is 30.5 Å². The Labute approximate surface area is 115 Å². The number of carbonyl (C=O) groups excluding carboxylic acids is 1. The Bertz CT molecular complexity index is 574. The number of nitrogens with one attached hydrogen (secondary N) is 2. The van der Waals surface area contributed by atoms with E-state index in [1.165, 1.54) is 6.92 Å². The number of hydrogen-bond acceptors (Lipinski definition) is 6. The molecule has 0 aliphatic carbocycles. The summed E-state index contributed by atoms with van der Waals surface area (Å²) in [7, 11) is -3.67. The standard InChI is InChI=1S/C10H14N4O3S2/c1-3-4-5-6-7-11-19(16,17)10-14-13-9(18-10)12-8(2)15/h1,11H,4-7H2,2H3,(H,12,13,15). The van der Waals surface area contributed by atoms with Crippen LogP contribution in [0.3, 0.4) is 0 Å². The van der Waals surface area contributed by atoms with Gasteiger partial charge in [0.05, 0.1) is 0 Å². The van der Waals surface area contributed by atoms with Gasteiger partial charge in [0.15, 0.2) is 0 Å². The van der Waals surface area contributed by atoms with Gasteiger partial charge in [-0.25, -0.2) is 13.1 Å². The molecule has 0 bridgehead atoms. The number of nitrogens with zero attached hydrogens (tertiary/aromatic N) is 2. The molecule has 0 saturated heterocycles. The predicted octanol–water partition coefficient (Wildman–Crippen LogP) is 0.578. The third-order valence-corrected chi connectivity index (χ3v) is 4.63. The summed E-state index contributed by atoms with van der Waals surface area (Å²) in [5.41, 5.74) is 0. The Morgan fingerprint density at radius 3 is 2.79 bits per heavy atom. The number of sulfonamides is 1. The van der Waals surface area contributed by atoms with E-state index in [1.54, 1.807) is 0 Å². The van der Waals surface area contributed by atoms with Crippen LogP contribution in [-0.4, -0.2) is 31.1 Å². The van der Waals surface area contributed by atoms with Gasteiger partial charge in [0, 0.05) is 19.9 Å². The average molecular weight is 302 g/mol. The molecule has 1 amide bonds. The molecule has 1 rings (SSSR count). The quantitative estimate of drug-likeness (QED) is 0.436. The molecule has 0 aliphatic heterocycles. The molecule has 1 aromatic heterocycles. The van der Waals surface area contributed by atoms with Crippen molar-refractivity contribution in [3.8, 4) is 12.3 Å². The molecule has 104 valence electrons. The maximum atomic E-state index is 11.8. The lowest BCUT2D eigenvalue weighted by Crippen LogP contribution is -2.24. The molecule has 1 heterocycles. The van der Waals surface area contributed by atoms with Crippen molar-refractivity contribution in [3.05, 3.63) is 0 Å². The van der Waals surface area contributed by atoms with Crippen molar-refractivity contribution in [1.29, 1.82) is 0 Å². The van der Waals surface area contributed by atoms with Crippen LogP contribution in [0.4, 0.5) is 5.13 Å². The average Bonchev–Trinajstić information content (AvgIpc) is 2.77. The Balaban J connectivity index is 2.55. The summed E-state index contributed by atoms with van der Waals surface area (Å²) in [6.45, 7) is 1.60. The number of hydrogen-bond donors (Lipinski definition) is 2. The summed E-state index contributed by atoms with van der Waals surface area (Å²) in [6, 6.07) is 0. The highest BCUT2D eigenvalue weighted by molar-refractivity contribution is 7.91. The molecule has 0 spiro atoms. The molecule has 0 fully saturated rings. The van der Waals surface area contributed by atoms with Crippen LogP contribution in [0, 0.1) is 12.3 Å². The van der Waals surface area contributed by atoms with E-state index in [9.17, 15) is 13.2 Å². The highest BCUT2D eigenvalue weighted by Crippen LogP contribution is 2.19. The largest absolute Gasteiger partial charge is 0.301 e. The smallest absolute Gasteiger partial charge is 0.269 e. The van der Waals surface area contributed by atoms with Crippen LogP contribution >= 0.6 is 11.3 Å². The van der Waals surface area contributed by atoms with Gasteiger partial charge in [0.1, 0.15) is 0 Å². The van der Waals surface area contributed by atoms with Crippen molar-refractivity contribution in [1.82, 2.24) is 14.9 Å². The van der Waals surface area contributed by atoms with Crippen LogP contribution in [0.15, 0.2) is 4.34 Å². The molecule has 0 atom stereocenters. The van der Waals surface area contributed by atoms with Crippen LogP contribution in [0.2, 0.25) is 0 Å². The van der Waals surface area contributed by atoms with E-state index in [1.807, 2.05) is 0 Å². The first-order valence-corrected chi connectivity index (χ1v) is 7.80. The number of amides is 1. The van der Waals surface area contributed by atoms with Gasteiger partial charge in [-0.1, -0.05) is 11.3 Å². The molecular weight excluding hydrogens is 288 g/mol. The summed E-state index contributed by atoms with van der Waals surface area (Å²) in [5.74, 6) is 2.15. The molecule has 0 unspecified atom stereocenters.